The Morgan fingerprint density at radius 3 is 2.93 bits per heavy atom. The second-order valence-electron chi connectivity index (χ2n) is 3.86. The Balaban J connectivity index is 2.01. The van der Waals surface area contributed by atoms with Gasteiger partial charge in [0.1, 0.15) is 0 Å². The number of aryl methyl sites for hydroxylation is 2. The van der Waals surface area contributed by atoms with Crippen molar-refractivity contribution in [2.45, 2.75) is 19.3 Å². The van der Waals surface area contributed by atoms with E-state index in [9.17, 15) is 4.79 Å². The van der Waals surface area contributed by atoms with E-state index in [2.05, 4.69) is 22.8 Å². The topological polar surface area (TPSA) is 41.1 Å². The summed E-state index contributed by atoms with van der Waals surface area (Å²) in [7, 11) is 1.65. The highest BCUT2D eigenvalue weighted by atomic mass is 16.1. The predicted octanol–water partition coefficient (Wildman–Crippen LogP) is 1.33. The van der Waals surface area contributed by atoms with Crippen LogP contribution in [0.3, 0.4) is 0 Å². The van der Waals surface area contributed by atoms with Gasteiger partial charge >= 0.3 is 0 Å². The van der Waals surface area contributed by atoms with E-state index in [4.69, 9.17) is 0 Å². The fraction of sp³-hybridized carbons (Fsp3) is 0.417. The summed E-state index contributed by atoms with van der Waals surface area (Å²) in [5, 5.41) is 5.70. The van der Waals surface area contributed by atoms with Gasteiger partial charge in [0.25, 0.3) is 0 Å². The Bertz CT molecular complexity index is 374. The van der Waals surface area contributed by atoms with E-state index in [1.54, 1.807) is 7.05 Å². The SMILES string of the molecule is CNC(=O)CNc1ccc2c(c1)CCC2. The van der Waals surface area contributed by atoms with Gasteiger partial charge in [-0.05, 0) is 42.5 Å². The van der Waals surface area contributed by atoms with Crippen molar-refractivity contribution in [1.82, 2.24) is 5.32 Å². The average Bonchev–Trinajstić information content (AvgIpc) is 2.72. The van der Waals surface area contributed by atoms with Crippen molar-refractivity contribution in [1.29, 1.82) is 0 Å². The van der Waals surface area contributed by atoms with Gasteiger partial charge in [0.15, 0.2) is 0 Å². The molecule has 1 amide bonds. The molecule has 0 spiro atoms. The fourth-order valence-electron chi connectivity index (χ4n) is 1.95. The first-order valence-electron chi connectivity index (χ1n) is 5.36. The molecule has 3 heteroatoms. The largest absolute Gasteiger partial charge is 0.376 e. The molecule has 0 fully saturated rings. The normalized spacial score (nSPS) is 13.4. The van der Waals surface area contributed by atoms with E-state index in [-0.39, 0.29) is 5.91 Å². The number of hydrogen-bond acceptors (Lipinski definition) is 2. The first kappa shape index (κ1) is 10.0. The number of amides is 1. The lowest BCUT2D eigenvalue weighted by molar-refractivity contribution is -0.118. The number of likely N-dealkylation sites (N-methyl/N-ethyl adjacent to an activating group) is 1. The molecule has 0 bridgehead atoms. The summed E-state index contributed by atoms with van der Waals surface area (Å²) in [6.45, 7) is 0.343. The maximum absolute atomic E-state index is 11.0. The Morgan fingerprint density at radius 2 is 2.13 bits per heavy atom. The van der Waals surface area contributed by atoms with Gasteiger partial charge in [0, 0.05) is 12.7 Å². The van der Waals surface area contributed by atoms with Crippen LogP contribution in [-0.2, 0) is 17.6 Å². The molecule has 1 aliphatic rings. The Morgan fingerprint density at radius 1 is 1.33 bits per heavy atom. The summed E-state index contributed by atoms with van der Waals surface area (Å²) in [5.74, 6) is 0.00972. The zero-order chi connectivity index (χ0) is 10.7. The highest BCUT2D eigenvalue weighted by Gasteiger charge is 2.10. The number of anilines is 1. The van der Waals surface area contributed by atoms with E-state index < -0.39 is 0 Å². The van der Waals surface area contributed by atoms with E-state index in [1.165, 1.54) is 30.4 Å². The van der Waals surface area contributed by atoms with Crippen molar-refractivity contribution in [2.24, 2.45) is 0 Å². The summed E-state index contributed by atoms with van der Waals surface area (Å²) >= 11 is 0. The zero-order valence-electron chi connectivity index (χ0n) is 8.97. The zero-order valence-corrected chi connectivity index (χ0v) is 8.97. The molecule has 0 radical (unpaired) electrons. The quantitative estimate of drug-likeness (QED) is 0.780. The minimum absolute atomic E-state index is 0.00972. The monoisotopic (exact) mass is 204 g/mol. The van der Waals surface area contributed by atoms with Gasteiger partial charge in [0.05, 0.1) is 6.54 Å². The minimum Gasteiger partial charge on any atom is -0.376 e. The van der Waals surface area contributed by atoms with Crippen LogP contribution in [0.4, 0.5) is 5.69 Å². The Hall–Kier alpha value is -1.51. The van der Waals surface area contributed by atoms with Gasteiger partial charge in [-0.25, -0.2) is 0 Å². The number of benzene rings is 1. The molecule has 0 atom stereocenters. The van der Waals surface area contributed by atoms with Crippen LogP contribution in [0.15, 0.2) is 18.2 Å². The minimum atomic E-state index is 0.00972. The van der Waals surface area contributed by atoms with Crippen molar-refractivity contribution in [3.63, 3.8) is 0 Å². The van der Waals surface area contributed by atoms with Crippen LogP contribution >= 0.6 is 0 Å². The first-order chi connectivity index (χ1) is 7.29. The number of fused-ring (bicyclic) bond motifs is 1. The molecule has 2 rings (SSSR count). The molecule has 3 nitrogen and oxygen atoms in total. The summed E-state index contributed by atoms with van der Waals surface area (Å²) in [6.07, 6.45) is 3.63. The maximum Gasteiger partial charge on any atom is 0.239 e. The molecule has 0 saturated carbocycles. The van der Waals surface area contributed by atoms with Gasteiger partial charge in [-0.3, -0.25) is 4.79 Å². The van der Waals surface area contributed by atoms with Crippen molar-refractivity contribution in [3.8, 4) is 0 Å². The first-order valence-corrected chi connectivity index (χ1v) is 5.36. The highest BCUT2D eigenvalue weighted by molar-refractivity contribution is 5.80. The van der Waals surface area contributed by atoms with Crippen LogP contribution in [0, 0.1) is 0 Å². The number of hydrogen-bond donors (Lipinski definition) is 2. The fourth-order valence-corrected chi connectivity index (χ4v) is 1.95. The average molecular weight is 204 g/mol. The van der Waals surface area contributed by atoms with E-state index in [1.807, 2.05) is 6.07 Å². The highest BCUT2D eigenvalue weighted by Crippen LogP contribution is 2.24. The van der Waals surface area contributed by atoms with Crippen LogP contribution in [-0.4, -0.2) is 19.5 Å². The van der Waals surface area contributed by atoms with E-state index in [0.717, 1.165) is 5.69 Å². The molecule has 0 aromatic heterocycles. The van der Waals surface area contributed by atoms with Gasteiger partial charge < -0.3 is 10.6 Å². The van der Waals surface area contributed by atoms with Crippen molar-refractivity contribution in [3.05, 3.63) is 29.3 Å². The molecular weight excluding hydrogens is 188 g/mol. The van der Waals surface area contributed by atoms with Crippen LogP contribution < -0.4 is 10.6 Å². The smallest absolute Gasteiger partial charge is 0.239 e. The Labute approximate surface area is 89.9 Å². The van der Waals surface area contributed by atoms with Crippen molar-refractivity contribution in [2.75, 3.05) is 18.9 Å². The van der Waals surface area contributed by atoms with Gasteiger partial charge in [-0.2, -0.15) is 0 Å². The number of carbonyl (C=O) groups is 1. The molecule has 80 valence electrons. The van der Waals surface area contributed by atoms with Crippen LogP contribution in [0.5, 0.6) is 0 Å². The molecule has 15 heavy (non-hydrogen) atoms. The summed E-state index contributed by atoms with van der Waals surface area (Å²) in [6, 6.07) is 6.37. The lowest BCUT2D eigenvalue weighted by Crippen LogP contribution is -2.26. The third-order valence-corrected chi connectivity index (χ3v) is 2.83. The maximum atomic E-state index is 11.0. The summed E-state index contributed by atoms with van der Waals surface area (Å²) in [4.78, 5) is 11.0. The molecule has 0 unspecified atom stereocenters. The molecule has 1 aromatic carbocycles. The van der Waals surface area contributed by atoms with Gasteiger partial charge in [-0.15, -0.1) is 0 Å². The second kappa shape index (κ2) is 4.34. The Kier molecular flexibility index (Phi) is 2.90. The molecule has 0 saturated heterocycles. The third-order valence-electron chi connectivity index (χ3n) is 2.83. The molecule has 1 aromatic rings. The predicted molar refractivity (Wildman–Crippen MR) is 61.0 cm³/mol. The lowest BCUT2D eigenvalue weighted by atomic mass is 10.1. The summed E-state index contributed by atoms with van der Waals surface area (Å²) in [5.41, 5.74) is 3.93. The van der Waals surface area contributed by atoms with Crippen LogP contribution in [0.1, 0.15) is 17.5 Å². The van der Waals surface area contributed by atoms with Gasteiger partial charge in [-0.1, -0.05) is 6.07 Å². The summed E-state index contributed by atoms with van der Waals surface area (Å²) < 4.78 is 0. The van der Waals surface area contributed by atoms with Crippen molar-refractivity contribution >= 4 is 11.6 Å². The van der Waals surface area contributed by atoms with Crippen molar-refractivity contribution < 1.29 is 4.79 Å². The molecular formula is C12H16N2O. The van der Waals surface area contributed by atoms with E-state index in [0.29, 0.717) is 6.54 Å². The standard InChI is InChI=1S/C12H16N2O/c1-13-12(15)8-14-11-6-5-9-3-2-4-10(9)7-11/h5-7,14H,2-4,8H2,1H3,(H,13,15). The number of nitrogens with one attached hydrogen (secondary N) is 2. The molecule has 0 aliphatic heterocycles. The molecule has 0 heterocycles. The second-order valence-corrected chi connectivity index (χ2v) is 3.86. The van der Waals surface area contributed by atoms with E-state index >= 15 is 0 Å². The van der Waals surface area contributed by atoms with Crippen LogP contribution in [0.25, 0.3) is 0 Å². The number of rotatable bonds is 3. The number of carbonyl (C=O) groups excluding carboxylic acids is 1. The third kappa shape index (κ3) is 2.29. The van der Waals surface area contributed by atoms with Gasteiger partial charge in [0.2, 0.25) is 5.91 Å². The molecule has 1 aliphatic carbocycles. The lowest BCUT2D eigenvalue weighted by Gasteiger charge is -2.07. The molecule has 2 N–H and O–H groups in total. The van der Waals surface area contributed by atoms with Crippen LogP contribution in [0.2, 0.25) is 0 Å².